The molecule has 11 heteroatoms. The van der Waals surface area contributed by atoms with Gasteiger partial charge in [0.2, 0.25) is 10.0 Å². The Balaban J connectivity index is 0.00000361. The van der Waals surface area contributed by atoms with E-state index < -0.39 is 10.0 Å². The number of benzene rings is 2. The molecule has 2 aromatic rings. The quantitative estimate of drug-likeness (QED) is 0.202. The number of rotatable bonds is 13. The molecule has 1 aliphatic rings. The molecule has 2 N–H and O–H groups in total. The highest BCUT2D eigenvalue weighted by Crippen LogP contribution is 2.22. The number of aryl methyl sites for hydroxylation is 2. The fraction of sp³-hybridized carbons (Fsp3) is 0.481. The molecule has 3 rings (SSSR count). The molecule has 0 spiro atoms. The van der Waals surface area contributed by atoms with Gasteiger partial charge in [-0.2, -0.15) is 0 Å². The fourth-order valence-electron chi connectivity index (χ4n) is 4.03. The van der Waals surface area contributed by atoms with E-state index in [0.29, 0.717) is 49.7 Å². The summed E-state index contributed by atoms with van der Waals surface area (Å²) < 4.78 is 38.7. The summed E-state index contributed by atoms with van der Waals surface area (Å²) in [5, 5.41) is 8.03. The van der Waals surface area contributed by atoms with Crippen LogP contribution in [0.4, 0.5) is 0 Å². The zero-order chi connectivity index (χ0) is 26.0. The Bertz CT molecular complexity index is 1140. The topological polar surface area (TPSA) is 109 Å². The van der Waals surface area contributed by atoms with Crippen molar-refractivity contribution in [2.45, 2.75) is 50.8 Å². The molecule has 1 fully saturated rings. The minimum Gasteiger partial charge on any atom is -0.426 e. The summed E-state index contributed by atoms with van der Waals surface area (Å²) >= 11 is 0. The highest BCUT2D eigenvalue weighted by molar-refractivity contribution is 7.89. The molecule has 0 bridgehead atoms. The van der Waals surface area contributed by atoms with E-state index in [-0.39, 0.29) is 42.1 Å². The number of halogens is 2. The highest BCUT2D eigenvalue weighted by atomic mass is 35.5. The summed E-state index contributed by atoms with van der Waals surface area (Å²) in [7, 11) is -3.65. The van der Waals surface area contributed by atoms with Gasteiger partial charge in [-0.25, -0.2) is 13.1 Å². The van der Waals surface area contributed by atoms with Crippen molar-refractivity contribution >= 4 is 46.5 Å². The van der Waals surface area contributed by atoms with Gasteiger partial charge in [-0.1, -0.05) is 37.6 Å². The summed E-state index contributed by atoms with van der Waals surface area (Å²) in [4.78, 5) is 14.7. The van der Waals surface area contributed by atoms with Crippen LogP contribution in [0.1, 0.15) is 49.3 Å². The second kappa shape index (κ2) is 16.8. The molecule has 1 heterocycles. The molecular weight excluding hydrogens is 549 g/mol. The van der Waals surface area contributed by atoms with Crippen LogP contribution >= 0.6 is 24.8 Å². The predicted molar refractivity (Wildman–Crippen MR) is 155 cm³/mol. The van der Waals surface area contributed by atoms with Gasteiger partial charge in [0.05, 0.1) is 18.1 Å². The number of nitrogens with zero attached hydrogens (tertiary/aromatic N) is 1. The molecule has 0 atom stereocenters. The van der Waals surface area contributed by atoms with Gasteiger partial charge in [-0.15, -0.1) is 24.8 Å². The summed E-state index contributed by atoms with van der Waals surface area (Å²) in [5.41, 5.74) is 3.28. The number of hydrogen-bond donors (Lipinski definition) is 2. The average molecular weight is 589 g/mol. The Morgan fingerprint density at radius 2 is 1.76 bits per heavy atom. The van der Waals surface area contributed by atoms with Gasteiger partial charge in [-0.3, -0.25) is 9.69 Å². The fourth-order valence-corrected chi connectivity index (χ4v) is 5.13. The Kier molecular flexibility index (Phi) is 15.1. The van der Waals surface area contributed by atoms with Crippen LogP contribution in [0, 0.1) is 12.3 Å². The zero-order valence-electron chi connectivity index (χ0n) is 22.0. The number of esters is 1. The lowest BCUT2D eigenvalue weighted by Crippen LogP contribution is -2.41. The standard InChI is InChI=1S/C27H37N3O5S.2ClH/c1-3-5-25(28)23-10-8-22(9-11-23)6-4-7-27(31)35-26-13-12-24(20-21(26)2)36(32,33)29-14-15-30-16-18-34-19-17-30;;/h8-13,20,28-29H,3-7,14-19H2,1-2H3;2*1H. The molecule has 0 radical (unpaired) electrons. The number of hydrogen-bond acceptors (Lipinski definition) is 7. The third kappa shape index (κ3) is 10.6. The molecular formula is C27H39Cl2N3O5S. The van der Waals surface area contributed by atoms with E-state index in [1.54, 1.807) is 6.92 Å². The molecule has 38 heavy (non-hydrogen) atoms. The molecule has 0 saturated carbocycles. The number of ether oxygens (including phenoxy) is 2. The van der Waals surface area contributed by atoms with Gasteiger partial charge in [0.15, 0.2) is 0 Å². The number of sulfonamides is 1. The Labute approximate surface area is 238 Å². The van der Waals surface area contributed by atoms with E-state index in [0.717, 1.165) is 43.5 Å². The zero-order valence-corrected chi connectivity index (χ0v) is 24.5. The number of nitrogens with one attached hydrogen (secondary N) is 2. The molecule has 0 unspecified atom stereocenters. The first-order chi connectivity index (χ1) is 17.3. The summed E-state index contributed by atoms with van der Waals surface area (Å²) in [5.74, 6) is 0.0183. The number of carbonyl (C=O) groups excluding carboxylic acids is 1. The van der Waals surface area contributed by atoms with E-state index >= 15 is 0 Å². The monoisotopic (exact) mass is 587 g/mol. The largest absolute Gasteiger partial charge is 0.426 e. The van der Waals surface area contributed by atoms with Crippen LogP contribution in [-0.4, -0.2) is 64.4 Å². The molecule has 1 saturated heterocycles. The van der Waals surface area contributed by atoms with Gasteiger partial charge in [0.1, 0.15) is 5.75 Å². The maximum Gasteiger partial charge on any atom is 0.311 e. The van der Waals surface area contributed by atoms with Crippen molar-refractivity contribution in [2.75, 3.05) is 39.4 Å². The molecule has 0 aromatic heterocycles. The first-order valence-electron chi connectivity index (χ1n) is 12.6. The minimum absolute atomic E-state index is 0. The minimum atomic E-state index is -3.65. The second-order valence-electron chi connectivity index (χ2n) is 9.03. The first-order valence-corrected chi connectivity index (χ1v) is 14.0. The third-order valence-electron chi connectivity index (χ3n) is 6.15. The molecule has 8 nitrogen and oxygen atoms in total. The predicted octanol–water partition coefficient (Wildman–Crippen LogP) is 4.55. The van der Waals surface area contributed by atoms with Crippen molar-refractivity contribution in [2.24, 2.45) is 0 Å². The van der Waals surface area contributed by atoms with Crippen LogP contribution in [-0.2, 0) is 26.0 Å². The van der Waals surface area contributed by atoms with E-state index in [2.05, 4.69) is 16.5 Å². The van der Waals surface area contributed by atoms with Gasteiger partial charge in [-0.05, 0) is 61.1 Å². The lowest BCUT2D eigenvalue weighted by Gasteiger charge is -2.26. The summed E-state index contributed by atoms with van der Waals surface area (Å²) in [6.07, 6.45) is 3.36. The van der Waals surface area contributed by atoms with E-state index in [1.165, 1.54) is 18.2 Å². The average Bonchev–Trinajstić information content (AvgIpc) is 2.86. The smallest absolute Gasteiger partial charge is 0.311 e. The first kappa shape index (κ1) is 34.0. The van der Waals surface area contributed by atoms with Crippen molar-refractivity contribution < 1.29 is 22.7 Å². The summed E-state index contributed by atoms with van der Waals surface area (Å²) in [6, 6.07) is 12.5. The third-order valence-corrected chi connectivity index (χ3v) is 7.61. The van der Waals surface area contributed by atoms with Crippen molar-refractivity contribution in [1.29, 1.82) is 5.41 Å². The molecule has 2 aromatic carbocycles. The van der Waals surface area contributed by atoms with Crippen LogP contribution < -0.4 is 9.46 Å². The van der Waals surface area contributed by atoms with Crippen LogP contribution in [0.15, 0.2) is 47.4 Å². The van der Waals surface area contributed by atoms with Crippen LogP contribution in [0.25, 0.3) is 0 Å². The second-order valence-corrected chi connectivity index (χ2v) is 10.8. The summed E-state index contributed by atoms with van der Waals surface area (Å²) in [6.45, 7) is 7.69. The Hall–Kier alpha value is -2.01. The number of morpholine rings is 1. The number of carbonyl (C=O) groups is 1. The van der Waals surface area contributed by atoms with Crippen LogP contribution in [0.5, 0.6) is 5.75 Å². The maximum absolute atomic E-state index is 12.7. The van der Waals surface area contributed by atoms with Crippen molar-refractivity contribution in [3.63, 3.8) is 0 Å². The van der Waals surface area contributed by atoms with Gasteiger partial charge in [0.25, 0.3) is 0 Å². The highest BCUT2D eigenvalue weighted by Gasteiger charge is 2.17. The van der Waals surface area contributed by atoms with Crippen molar-refractivity contribution in [3.05, 3.63) is 59.2 Å². The van der Waals surface area contributed by atoms with E-state index in [9.17, 15) is 13.2 Å². The van der Waals surface area contributed by atoms with E-state index in [4.69, 9.17) is 14.9 Å². The van der Waals surface area contributed by atoms with Crippen LogP contribution in [0.3, 0.4) is 0 Å². The van der Waals surface area contributed by atoms with Gasteiger partial charge in [0, 0.05) is 38.3 Å². The lowest BCUT2D eigenvalue weighted by molar-refractivity contribution is -0.134. The van der Waals surface area contributed by atoms with Crippen molar-refractivity contribution in [3.8, 4) is 5.75 Å². The molecule has 0 aliphatic carbocycles. The van der Waals surface area contributed by atoms with Crippen LogP contribution in [0.2, 0.25) is 0 Å². The lowest BCUT2D eigenvalue weighted by atomic mass is 10.0. The Morgan fingerprint density at radius 1 is 1.08 bits per heavy atom. The molecule has 212 valence electrons. The SMILES string of the molecule is CCCC(=N)c1ccc(CCCC(=O)Oc2ccc(S(=O)(=O)NCCN3CCOCC3)cc2C)cc1.Cl.Cl. The molecule has 0 amide bonds. The Morgan fingerprint density at radius 3 is 2.39 bits per heavy atom. The van der Waals surface area contributed by atoms with E-state index in [1.807, 2.05) is 24.3 Å². The van der Waals surface area contributed by atoms with Gasteiger partial charge < -0.3 is 14.9 Å². The molecule has 1 aliphatic heterocycles. The normalized spacial score (nSPS) is 13.7. The van der Waals surface area contributed by atoms with Crippen molar-refractivity contribution in [1.82, 2.24) is 9.62 Å². The van der Waals surface area contributed by atoms with Gasteiger partial charge >= 0.3 is 5.97 Å². The maximum atomic E-state index is 12.7.